The van der Waals surface area contributed by atoms with Crippen LogP contribution in [0.5, 0.6) is 0 Å². The molecule has 2 rings (SSSR count). The molecule has 0 aromatic heterocycles. The number of fused-ring (bicyclic) bond motifs is 1. The molecular formula is C9H14O. The van der Waals surface area contributed by atoms with Crippen LogP contribution < -0.4 is 0 Å². The summed E-state index contributed by atoms with van der Waals surface area (Å²) >= 11 is 0. The summed E-state index contributed by atoms with van der Waals surface area (Å²) in [5, 5.41) is 0. The maximum absolute atomic E-state index is 5.59. The van der Waals surface area contributed by atoms with Crippen LogP contribution in [0.1, 0.15) is 32.1 Å². The van der Waals surface area contributed by atoms with Crippen molar-refractivity contribution >= 4 is 0 Å². The Labute approximate surface area is 62.1 Å². The van der Waals surface area contributed by atoms with Crippen LogP contribution >= 0.6 is 0 Å². The molecule has 1 heteroatoms. The molecule has 0 N–H and O–H groups in total. The van der Waals surface area contributed by atoms with Gasteiger partial charge in [-0.3, -0.25) is 0 Å². The molecule has 1 nitrogen and oxygen atoms in total. The van der Waals surface area contributed by atoms with Gasteiger partial charge in [0, 0.05) is 0 Å². The Morgan fingerprint density at radius 2 is 2.60 bits per heavy atom. The third kappa shape index (κ3) is 0.807. The molecule has 56 valence electrons. The lowest BCUT2D eigenvalue weighted by Crippen LogP contribution is -2.07. The molecule has 2 unspecified atom stereocenters. The van der Waals surface area contributed by atoms with E-state index in [1.165, 1.54) is 25.7 Å². The van der Waals surface area contributed by atoms with Crippen molar-refractivity contribution < 1.29 is 4.74 Å². The summed E-state index contributed by atoms with van der Waals surface area (Å²) in [5.74, 6) is 0. The zero-order chi connectivity index (χ0) is 7.03. The van der Waals surface area contributed by atoms with Crippen molar-refractivity contribution in [3.05, 3.63) is 12.7 Å². The lowest BCUT2D eigenvalue weighted by atomic mass is 10.0. The van der Waals surface area contributed by atoms with Gasteiger partial charge in [-0.1, -0.05) is 6.08 Å². The number of allylic oxidation sites excluding steroid dienone is 1. The highest BCUT2D eigenvalue weighted by atomic mass is 16.6. The summed E-state index contributed by atoms with van der Waals surface area (Å²) in [7, 11) is 0. The van der Waals surface area contributed by atoms with Crippen LogP contribution in [-0.2, 0) is 4.74 Å². The predicted octanol–water partition coefficient (Wildman–Crippen LogP) is 2.27. The van der Waals surface area contributed by atoms with E-state index in [-0.39, 0.29) is 0 Å². The first kappa shape index (κ1) is 6.41. The predicted molar refractivity (Wildman–Crippen MR) is 40.9 cm³/mol. The average Bonchev–Trinajstić information content (AvgIpc) is 2.51. The van der Waals surface area contributed by atoms with Crippen LogP contribution in [0, 0.1) is 0 Å². The smallest absolute Gasteiger partial charge is 0.0951 e. The fourth-order valence-electron chi connectivity index (χ4n) is 2.07. The van der Waals surface area contributed by atoms with Crippen molar-refractivity contribution in [3.63, 3.8) is 0 Å². The molecule has 0 aromatic rings. The Balaban J connectivity index is 1.86. The molecule has 2 aliphatic rings. The quantitative estimate of drug-likeness (QED) is 0.430. The highest BCUT2D eigenvalue weighted by Crippen LogP contribution is 2.52. The zero-order valence-corrected chi connectivity index (χ0v) is 6.31. The maximum Gasteiger partial charge on any atom is 0.0951 e. The van der Waals surface area contributed by atoms with E-state index in [0.29, 0.717) is 11.7 Å². The van der Waals surface area contributed by atoms with Crippen LogP contribution in [-0.4, -0.2) is 11.7 Å². The van der Waals surface area contributed by atoms with Gasteiger partial charge < -0.3 is 4.74 Å². The minimum atomic E-state index is 0.341. The second-order valence-corrected chi connectivity index (χ2v) is 3.39. The highest BCUT2D eigenvalue weighted by Gasteiger charge is 2.58. The van der Waals surface area contributed by atoms with Gasteiger partial charge in [-0.05, 0) is 32.1 Å². The van der Waals surface area contributed by atoms with E-state index in [2.05, 4.69) is 6.58 Å². The van der Waals surface area contributed by atoms with Crippen LogP contribution in [0.4, 0.5) is 0 Å². The standard InChI is InChI=1S/C9H14O/c1-2-3-6-9-7-4-5-8(9)10-9/h2,8H,1,3-7H2. The van der Waals surface area contributed by atoms with Gasteiger partial charge in [0.25, 0.3) is 0 Å². The summed E-state index contributed by atoms with van der Waals surface area (Å²) in [5.41, 5.74) is 0.341. The van der Waals surface area contributed by atoms with Crippen LogP contribution in [0.15, 0.2) is 12.7 Å². The molecule has 1 aliphatic carbocycles. The van der Waals surface area contributed by atoms with Crippen molar-refractivity contribution in [1.82, 2.24) is 0 Å². The molecule has 1 aliphatic heterocycles. The van der Waals surface area contributed by atoms with Crippen molar-refractivity contribution in [2.24, 2.45) is 0 Å². The average molecular weight is 138 g/mol. The fraction of sp³-hybridized carbons (Fsp3) is 0.778. The molecule has 2 fully saturated rings. The second kappa shape index (κ2) is 2.09. The van der Waals surface area contributed by atoms with E-state index in [1.807, 2.05) is 6.08 Å². The number of rotatable bonds is 3. The largest absolute Gasteiger partial charge is 0.366 e. The van der Waals surface area contributed by atoms with Crippen LogP contribution in [0.2, 0.25) is 0 Å². The third-order valence-corrected chi connectivity index (χ3v) is 2.74. The summed E-state index contributed by atoms with van der Waals surface area (Å²) < 4.78 is 5.59. The Bertz CT molecular complexity index is 153. The van der Waals surface area contributed by atoms with E-state index in [9.17, 15) is 0 Å². The van der Waals surface area contributed by atoms with E-state index in [1.54, 1.807) is 0 Å². The monoisotopic (exact) mass is 138 g/mol. The third-order valence-electron chi connectivity index (χ3n) is 2.74. The van der Waals surface area contributed by atoms with Gasteiger partial charge in [-0.2, -0.15) is 0 Å². The SMILES string of the molecule is C=CCCC12CCCC1O2. The molecule has 2 atom stereocenters. The van der Waals surface area contributed by atoms with Crippen molar-refractivity contribution in [2.45, 2.75) is 43.8 Å². The topological polar surface area (TPSA) is 12.5 Å². The molecule has 10 heavy (non-hydrogen) atoms. The van der Waals surface area contributed by atoms with E-state index in [4.69, 9.17) is 4.74 Å². The van der Waals surface area contributed by atoms with Crippen molar-refractivity contribution in [1.29, 1.82) is 0 Å². The first-order valence-electron chi connectivity index (χ1n) is 4.16. The lowest BCUT2D eigenvalue weighted by Gasteiger charge is -2.04. The van der Waals surface area contributed by atoms with Gasteiger partial charge in [0.2, 0.25) is 0 Å². The minimum absolute atomic E-state index is 0.341. The van der Waals surface area contributed by atoms with Gasteiger partial charge >= 0.3 is 0 Å². The second-order valence-electron chi connectivity index (χ2n) is 3.39. The van der Waals surface area contributed by atoms with Crippen LogP contribution in [0.25, 0.3) is 0 Å². The zero-order valence-electron chi connectivity index (χ0n) is 6.31. The summed E-state index contributed by atoms with van der Waals surface area (Å²) in [4.78, 5) is 0. The van der Waals surface area contributed by atoms with E-state index in [0.717, 1.165) is 6.42 Å². The summed E-state index contributed by atoms with van der Waals surface area (Å²) in [6.07, 6.45) is 8.93. The molecule has 0 radical (unpaired) electrons. The molecule has 1 heterocycles. The van der Waals surface area contributed by atoms with Crippen LogP contribution in [0.3, 0.4) is 0 Å². The summed E-state index contributed by atoms with van der Waals surface area (Å²) in [6.45, 7) is 3.72. The highest BCUT2D eigenvalue weighted by molar-refractivity contribution is 5.07. The van der Waals surface area contributed by atoms with Gasteiger partial charge in [-0.15, -0.1) is 6.58 Å². The van der Waals surface area contributed by atoms with Gasteiger partial charge in [0.15, 0.2) is 0 Å². The van der Waals surface area contributed by atoms with Gasteiger partial charge in [0.05, 0.1) is 11.7 Å². The van der Waals surface area contributed by atoms with Gasteiger partial charge in [-0.25, -0.2) is 0 Å². The first-order valence-corrected chi connectivity index (χ1v) is 4.16. The molecule has 0 spiro atoms. The lowest BCUT2D eigenvalue weighted by molar-refractivity contribution is 0.242. The Morgan fingerprint density at radius 1 is 1.70 bits per heavy atom. The molecule has 0 amide bonds. The number of hydrogen-bond acceptors (Lipinski definition) is 1. The molecular weight excluding hydrogens is 124 g/mol. The number of epoxide rings is 1. The molecule has 0 bridgehead atoms. The normalized spacial score (nSPS) is 43.0. The molecule has 0 aromatic carbocycles. The fourth-order valence-corrected chi connectivity index (χ4v) is 2.07. The first-order chi connectivity index (χ1) is 4.87. The summed E-state index contributed by atoms with van der Waals surface area (Å²) in [6, 6.07) is 0. The molecule has 1 saturated heterocycles. The van der Waals surface area contributed by atoms with E-state index >= 15 is 0 Å². The van der Waals surface area contributed by atoms with Crippen molar-refractivity contribution in [2.75, 3.05) is 0 Å². The van der Waals surface area contributed by atoms with Crippen molar-refractivity contribution in [3.8, 4) is 0 Å². The van der Waals surface area contributed by atoms with Gasteiger partial charge in [0.1, 0.15) is 0 Å². The minimum Gasteiger partial charge on any atom is -0.366 e. The Morgan fingerprint density at radius 3 is 3.10 bits per heavy atom. The number of ether oxygens (including phenoxy) is 1. The van der Waals surface area contributed by atoms with E-state index < -0.39 is 0 Å². The number of hydrogen-bond donors (Lipinski definition) is 0. The Kier molecular flexibility index (Phi) is 1.34. The molecule has 1 saturated carbocycles. The maximum atomic E-state index is 5.59. The Hall–Kier alpha value is -0.300.